The van der Waals surface area contributed by atoms with Crippen LogP contribution >= 0.6 is 23.1 Å². The highest BCUT2D eigenvalue weighted by Gasteiger charge is 2.51. The molecule has 0 amide bonds. The summed E-state index contributed by atoms with van der Waals surface area (Å²) in [5.74, 6) is -1.74. The number of aryl methyl sites for hydroxylation is 1. The second-order valence-electron chi connectivity index (χ2n) is 11.6. The molecule has 9 nitrogen and oxygen atoms in total. The molecule has 3 aromatic rings. The van der Waals surface area contributed by atoms with E-state index >= 15 is 0 Å². The summed E-state index contributed by atoms with van der Waals surface area (Å²) < 4.78 is 28.5. The van der Waals surface area contributed by atoms with E-state index in [4.69, 9.17) is 23.7 Å². The Morgan fingerprint density at radius 2 is 1.63 bits per heavy atom. The number of morpholine rings is 1. The van der Waals surface area contributed by atoms with E-state index in [2.05, 4.69) is 60.4 Å². The molecule has 46 heavy (non-hydrogen) atoms. The van der Waals surface area contributed by atoms with Crippen molar-refractivity contribution in [3.63, 3.8) is 0 Å². The minimum Gasteiger partial charge on any atom is -0.457 e. The van der Waals surface area contributed by atoms with E-state index in [1.807, 2.05) is 12.3 Å². The molecule has 0 saturated carbocycles. The van der Waals surface area contributed by atoms with Gasteiger partial charge in [-0.2, -0.15) is 11.8 Å². The van der Waals surface area contributed by atoms with Crippen LogP contribution in [0.15, 0.2) is 54.6 Å². The van der Waals surface area contributed by atoms with E-state index in [-0.39, 0.29) is 0 Å². The molecule has 2 aliphatic rings. The summed E-state index contributed by atoms with van der Waals surface area (Å²) in [6.07, 6.45) is -1.26. The van der Waals surface area contributed by atoms with E-state index in [0.29, 0.717) is 0 Å². The van der Waals surface area contributed by atoms with Gasteiger partial charge >= 0.3 is 17.9 Å². The first-order valence-electron chi connectivity index (χ1n) is 15.4. The van der Waals surface area contributed by atoms with Crippen molar-refractivity contribution in [3.8, 4) is 10.4 Å². The number of hydrogen-bond acceptors (Lipinski definition) is 11. The highest BCUT2D eigenvalue weighted by atomic mass is 32.2. The summed E-state index contributed by atoms with van der Waals surface area (Å²) in [6.45, 7) is 10.3. The first kappa shape index (κ1) is 34.1. The van der Waals surface area contributed by atoms with Crippen molar-refractivity contribution in [1.82, 2.24) is 4.90 Å². The topological polar surface area (TPSA) is 101 Å². The van der Waals surface area contributed by atoms with Crippen molar-refractivity contribution >= 4 is 41.0 Å². The van der Waals surface area contributed by atoms with Crippen molar-refractivity contribution in [2.24, 2.45) is 0 Å². The molecule has 3 heterocycles. The van der Waals surface area contributed by atoms with Crippen LogP contribution in [0, 0.1) is 6.92 Å². The van der Waals surface area contributed by atoms with Crippen LogP contribution in [0.1, 0.15) is 54.0 Å². The maximum atomic E-state index is 12.2. The van der Waals surface area contributed by atoms with Gasteiger partial charge in [0.25, 0.3) is 0 Å². The predicted molar refractivity (Wildman–Crippen MR) is 178 cm³/mol. The van der Waals surface area contributed by atoms with Crippen LogP contribution in [0.5, 0.6) is 0 Å². The van der Waals surface area contributed by atoms with E-state index in [1.54, 1.807) is 11.3 Å². The number of esters is 3. The van der Waals surface area contributed by atoms with E-state index in [1.165, 1.54) is 53.4 Å². The molecule has 2 aromatic carbocycles. The molecule has 0 N–H and O–H groups in total. The summed E-state index contributed by atoms with van der Waals surface area (Å²) in [5.41, 5.74) is 5.62. The molecule has 5 unspecified atom stereocenters. The Labute approximate surface area is 278 Å². The van der Waals surface area contributed by atoms with Crippen molar-refractivity contribution in [2.75, 3.05) is 32.6 Å². The smallest absolute Gasteiger partial charge is 0.305 e. The average Bonchev–Trinajstić information content (AvgIpc) is 3.48. The zero-order valence-corrected chi connectivity index (χ0v) is 28.5. The second-order valence-corrected chi connectivity index (χ2v) is 13.8. The van der Waals surface area contributed by atoms with Crippen LogP contribution in [-0.4, -0.2) is 79.1 Å². The third-order valence-electron chi connectivity index (χ3n) is 8.10. The van der Waals surface area contributed by atoms with Gasteiger partial charge in [-0.3, -0.25) is 19.3 Å². The monoisotopic (exact) mass is 667 g/mol. The maximum absolute atomic E-state index is 12.2. The number of nitrogens with zero attached hydrogens (tertiary/aromatic N) is 1. The summed E-state index contributed by atoms with van der Waals surface area (Å²) in [6, 6.07) is 19.3. The molecule has 0 radical (unpaired) electrons. The fraction of sp³-hybridized carbons (Fsp3) is 0.457. The number of carbonyl (C=O) groups excluding carboxylic acids is 3. The minimum absolute atomic E-state index is 0.436. The SMILES string of the molecule is CSC1C(c2ccc(C)c(Cc3ccc(-c4cccc(CN5CCOCC5)c4)s3)c2)OC(OC(C)=O)C(OC(C)=O)C1OC(C)=O. The van der Waals surface area contributed by atoms with E-state index < -0.39 is 47.8 Å². The van der Waals surface area contributed by atoms with Gasteiger partial charge in [0.2, 0.25) is 12.4 Å². The lowest BCUT2D eigenvalue weighted by Gasteiger charge is -2.44. The lowest BCUT2D eigenvalue weighted by molar-refractivity contribution is -0.266. The fourth-order valence-electron chi connectivity index (χ4n) is 5.95. The zero-order valence-electron chi connectivity index (χ0n) is 26.9. The number of ether oxygens (including phenoxy) is 5. The molecule has 0 spiro atoms. The third kappa shape index (κ3) is 8.57. The Morgan fingerprint density at radius 3 is 2.33 bits per heavy atom. The molecule has 0 aliphatic carbocycles. The number of thiophene rings is 1. The first-order valence-corrected chi connectivity index (χ1v) is 17.5. The summed E-state index contributed by atoms with van der Waals surface area (Å²) >= 11 is 3.22. The van der Waals surface area contributed by atoms with Crippen LogP contribution in [0.3, 0.4) is 0 Å². The maximum Gasteiger partial charge on any atom is 0.305 e. The van der Waals surface area contributed by atoms with Crippen molar-refractivity contribution in [1.29, 1.82) is 0 Å². The van der Waals surface area contributed by atoms with Gasteiger partial charge < -0.3 is 23.7 Å². The summed E-state index contributed by atoms with van der Waals surface area (Å²) in [7, 11) is 0. The molecule has 2 saturated heterocycles. The highest BCUT2D eigenvalue weighted by Crippen LogP contribution is 2.42. The summed E-state index contributed by atoms with van der Waals surface area (Å²) in [4.78, 5) is 41.1. The Hall–Kier alpha value is -3.22. The Morgan fingerprint density at radius 1 is 0.913 bits per heavy atom. The standard InChI is InChI=1S/C35H41NO8S2/c1-21-9-10-27(31-34(45-5)32(41-22(2)37)33(42-23(3)38)35(44-31)43-24(4)39)18-28(21)19-29-11-12-30(46-29)26-8-6-7-25(17-26)20-36-13-15-40-16-14-36/h6-12,17-18,31-35H,13-16,19-20H2,1-5H3. The number of hydrogen-bond donors (Lipinski definition) is 0. The van der Waals surface area contributed by atoms with Crippen molar-refractivity contribution in [2.45, 2.75) is 70.5 Å². The molecule has 2 fully saturated rings. The van der Waals surface area contributed by atoms with Crippen LogP contribution in [-0.2, 0) is 51.0 Å². The van der Waals surface area contributed by atoms with Gasteiger partial charge in [-0.15, -0.1) is 11.3 Å². The Bertz CT molecular complexity index is 1530. The molecular formula is C35H41NO8S2. The average molecular weight is 668 g/mol. The number of carbonyl (C=O) groups is 3. The van der Waals surface area contributed by atoms with E-state index in [9.17, 15) is 14.4 Å². The molecule has 246 valence electrons. The van der Waals surface area contributed by atoms with Gasteiger partial charge in [-0.1, -0.05) is 36.4 Å². The van der Waals surface area contributed by atoms with Crippen molar-refractivity contribution < 1.29 is 38.1 Å². The van der Waals surface area contributed by atoms with Gasteiger partial charge in [-0.05, 0) is 59.2 Å². The highest BCUT2D eigenvalue weighted by molar-refractivity contribution is 7.99. The molecule has 5 atom stereocenters. The van der Waals surface area contributed by atoms with Gasteiger partial charge in [0.05, 0.1) is 18.5 Å². The first-order chi connectivity index (χ1) is 22.1. The molecule has 5 rings (SSSR count). The quantitative estimate of drug-likeness (QED) is 0.198. The lowest BCUT2D eigenvalue weighted by atomic mass is 9.92. The van der Waals surface area contributed by atoms with E-state index in [0.717, 1.165) is 56.0 Å². The zero-order chi connectivity index (χ0) is 32.8. The molecule has 11 heteroatoms. The van der Waals surface area contributed by atoms with Crippen LogP contribution in [0.25, 0.3) is 10.4 Å². The van der Waals surface area contributed by atoms with Gasteiger partial charge in [0.1, 0.15) is 6.10 Å². The normalized spacial score (nSPS) is 23.5. The minimum atomic E-state index is -1.25. The van der Waals surface area contributed by atoms with Gasteiger partial charge in [0.15, 0.2) is 6.10 Å². The molecule has 2 aliphatic heterocycles. The van der Waals surface area contributed by atoms with Crippen LogP contribution in [0.2, 0.25) is 0 Å². The predicted octanol–water partition coefficient (Wildman–Crippen LogP) is 5.70. The van der Waals surface area contributed by atoms with Gasteiger partial charge in [0, 0.05) is 56.6 Å². The fourth-order valence-corrected chi connectivity index (χ4v) is 7.93. The van der Waals surface area contributed by atoms with Crippen molar-refractivity contribution in [3.05, 3.63) is 81.7 Å². The molecule has 0 bridgehead atoms. The largest absolute Gasteiger partial charge is 0.457 e. The summed E-state index contributed by atoms with van der Waals surface area (Å²) in [5, 5.41) is -0.436. The Kier molecular flexibility index (Phi) is 11.6. The van der Waals surface area contributed by atoms with Crippen LogP contribution in [0.4, 0.5) is 0 Å². The number of benzene rings is 2. The second kappa shape index (κ2) is 15.6. The molecular weight excluding hydrogens is 627 g/mol. The lowest BCUT2D eigenvalue weighted by Crippen LogP contribution is -2.57. The van der Waals surface area contributed by atoms with Crippen LogP contribution < -0.4 is 0 Å². The number of thioether (sulfide) groups is 1. The molecule has 1 aromatic heterocycles. The third-order valence-corrected chi connectivity index (χ3v) is 10.3. The Balaban J connectivity index is 1.38. The number of rotatable bonds is 10. The van der Waals surface area contributed by atoms with Gasteiger partial charge in [-0.25, -0.2) is 0 Å².